The number of hydrogen-bond acceptors (Lipinski definition) is 2. The van der Waals surface area contributed by atoms with Gasteiger partial charge in [0.2, 0.25) is 0 Å². The van der Waals surface area contributed by atoms with E-state index in [1.54, 1.807) is 0 Å². The van der Waals surface area contributed by atoms with Crippen LogP contribution in [0.3, 0.4) is 0 Å². The van der Waals surface area contributed by atoms with Gasteiger partial charge >= 0.3 is 0 Å². The van der Waals surface area contributed by atoms with Gasteiger partial charge in [-0.1, -0.05) is 24.6 Å². The first-order chi connectivity index (χ1) is 9.27. The minimum absolute atomic E-state index is 0.390. The van der Waals surface area contributed by atoms with Crippen LogP contribution in [0.25, 0.3) is 11.0 Å². The Morgan fingerprint density at radius 1 is 1.32 bits per heavy atom. The molecule has 104 valence electrons. The van der Waals surface area contributed by atoms with Gasteiger partial charge in [-0.05, 0) is 25.0 Å². The summed E-state index contributed by atoms with van der Waals surface area (Å²) in [5, 5.41) is 0.671. The van der Waals surface area contributed by atoms with Crippen LogP contribution in [0.1, 0.15) is 25.6 Å². The number of halogens is 2. The zero-order valence-electron chi connectivity index (χ0n) is 11.0. The number of imidazole rings is 1. The van der Waals surface area contributed by atoms with Crippen LogP contribution < -0.4 is 0 Å². The second-order valence-electron chi connectivity index (χ2n) is 4.39. The van der Waals surface area contributed by atoms with Gasteiger partial charge in [0.15, 0.2) is 0 Å². The first-order valence-electron chi connectivity index (χ1n) is 6.55. The number of aryl methyl sites for hydroxylation is 1. The lowest BCUT2D eigenvalue weighted by molar-refractivity contribution is 0.129. The van der Waals surface area contributed by atoms with Gasteiger partial charge in [0.05, 0.1) is 16.4 Å². The molecule has 1 aromatic carbocycles. The van der Waals surface area contributed by atoms with Crippen molar-refractivity contribution < 1.29 is 4.74 Å². The molecule has 0 amide bonds. The fraction of sp³-hybridized carbons (Fsp3) is 0.500. The Labute approximate surface area is 123 Å². The minimum Gasteiger partial charge on any atom is -0.381 e. The highest BCUT2D eigenvalue weighted by molar-refractivity contribution is 6.34. The molecule has 0 atom stereocenters. The third-order valence-corrected chi connectivity index (χ3v) is 3.49. The number of para-hydroxylation sites is 1. The molecule has 0 fully saturated rings. The summed E-state index contributed by atoms with van der Waals surface area (Å²) in [7, 11) is 0. The summed E-state index contributed by atoms with van der Waals surface area (Å²) in [4.78, 5) is 4.50. The van der Waals surface area contributed by atoms with Crippen molar-refractivity contribution in [1.29, 1.82) is 0 Å². The fourth-order valence-electron chi connectivity index (χ4n) is 2.08. The summed E-state index contributed by atoms with van der Waals surface area (Å²) in [5.74, 6) is 1.25. The third kappa shape index (κ3) is 3.41. The number of alkyl halides is 1. The van der Waals surface area contributed by atoms with Crippen LogP contribution in [-0.4, -0.2) is 22.8 Å². The largest absolute Gasteiger partial charge is 0.381 e. The molecule has 0 saturated carbocycles. The van der Waals surface area contributed by atoms with Crippen LogP contribution >= 0.6 is 23.2 Å². The Kier molecular flexibility index (Phi) is 5.49. The maximum Gasteiger partial charge on any atom is 0.124 e. The highest BCUT2D eigenvalue weighted by Crippen LogP contribution is 2.24. The maximum absolute atomic E-state index is 6.16. The molecule has 1 aromatic heterocycles. The second-order valence-corrected chi connectivity index (χ2v) is 5.06. The molecule has 2 rings (SSSR count). The molecule has 0 spiro atoms. The van der Waals surface area contributed by atoms with Crippen LogP contribution in [0.4, 0.5) is 0 Å². The van der Waals surface area contributed by atoms with E-state index in [1.807, 2.05) is 18.2 Å². The fourth-order valence-corrected chi connectivity index (χ4v) is 2.50. The lowest BCUT2D eigenvalue weighted by Gasteiger charge is -2.08. The molecule has 0 bridgehead atoms. The second kappa shape index (κ2) is 7.13. The number of rotatable bonds is 7. The molecule has 0 saturated heterocycles. The van der Waals surface area contributed by atoms with Gasteiger partial charge in [-0.3, -0.25) is 0 Å². The first-order valence-corrected chi connectivity index (χ1v) is 7.46. The van der Waals surface area contributed by atoms with Crippen molar-refractivity contribution in [2.45, 2.75) is 32.2 Å². The Bertz CT molecular complexity index is 539. The lowest BCUT2D eigenvalue weighted by Crippen LogP contribution is -2.06. The number of benzene rings is 1. The first kappa shape index (κ1) is 14.6. The normalized spacial score (nSPS) is 11.3. The lowest BCUT2D eigenvalue weighted by atomic mass is 10.3. The molecule has 0 radical (unpaired) electrons. The Hall–Kier alpha value is -0.770. The topological polar surface area (TPSA) is 27.1 Å². The van der Waals surface area contributed by atoms with Gasteiger partial charge in [-0.15, -0.1) is 11.6 Å². The predicted molar refractivity (Wildman–Crippen MR) is 80.0 cm³/mol. The average Bonchev–Trinajstić information content (AvgIpc) is 2.78. The van der Waals surface area contributed by atoms with E-state index in [2.05, 4.69) is 16.5 Å². The van der Waals surface area contributed by atoms with E-state index >= 15 is 0 Å². The van der Waals surface area contributed by atoms with Gasteiger partial charge in [-0.25, -0.2) is 4.98 Å². The number of aromatic nitrogens is 2. The van der Waals surface area contributed by atoms with Gasteiger partial charge < -0.3 is 9.30 Å². The molecule has 0 aliphatic carbocycles. The van der Waals surface area contributed by atoms with Crippen molar-refractivity contribution in [1.82, 2.24) is 9.55 Å². The van der Waals surface area contributed by atoms with Crippen LogP contribution in [0.2, 0.25) is 5.02 Å². The molecular weight excluding hydrogens is 283 g/mol. The summed E-state index contributed by atoms with van der Waals surface area (Å²) in [6.45, 7) is 4.54. The highest BCUT2D eigenvalue weighted by atomic mass is 35.5. The Balaban J connectivity index is 2.14. The highest BCUT2D eigenvalue weighted by Gasteiger charge is 2.11. The van der Waals surface area contributed by atoms with Crippen LogP contribution in [0, 0.1) is 0 Å². The molecule has 0 aliphatic rings. The molecule has 0 unspecified atom stereocenters. The van der Waals surface area contributed by atoms with Gasteiger partial charge in [-0.2, -0.15) is 0 Å². The summed E-state index contributed by atoms with van der Waals surface area (Å²) >= 11 is 12.1. The zero-order chi connectivity index (χ0) is 13.7. The van der Waals surface area contributed by atoms with Crippen LogP contribution in [0.15, 0.2) is 18.2 Å². The van der Waals surface area contributed by atoms with Crippen molar-refractivity contribution in [3.8, 4) is 0 Å². The number of ether oxygens (including phenoxy) is 1. The third-order valence-electron chi connectivity index (χ3n) is 2.95. The molecule has 3 nitrogen and oxygen atoms in total. The Morgan fingerprint density at radius 3 is 2.89 bits per heavy atom. The van der Waals surface area contributed by atoms with E-state index in [9.17, 15) is 0 Å². The van der Waals surface area contributed by atoms with Crippen molar-refractivity contribution in [2.75, 3.05) is 13.2 Å². The van der Waals surface area contributed by atoms with Crippen LogP contribution in [0.5, 0.6) is 0 Å². The van der Waals surface area contributed by atoms with E-state index in [-0.39, 0.29) is 0 Å². The number of fused-ring (bicyclic) bond motifs is 1. The van der Waals surface area contributed by atoms with Crippen molar-refractivity contribution in [3.05, 3.63) is 29.0 Å². The maximum atomic E-state index is 6.16. The standard InChI is InChI=1S/C14H18Cl2N2O/c1-2-8-19-9-4-7-18-12-6-3-5-11(16)14(12)17-13(18)10-15/h3,5-6H,2,4,7-10H2,1H3. The van der Waals surface area contributed by atoms with E-state index < -0.39 is 0 Å². The molecule has 0 aliphatic heterocycles. The van der Waals surface area contributed by atoms with Crippen molar-refractivity contribution in [2.24, 2.45) is 0 Å². The number of nitrogens with zero attached hydrogens (tertiary/aromatic N) is 2. The van der Waals surface area contributed by atoms with Crippen molar-refractivity contribution >= 4 is 34.2 Å². The minimum atomic E-state index is 0.390. The predicted octanol–water partition coefficient (Wildman–Crippen LogP) is 4.25. The van der Waals surface area contributed by atoms with Gasteiger partial charge in [0, 0.05) is 19.8 Å². The monoisotopic (exact) mass is 300 g/mol. The van der Waals surface area contributed by atoms with E-state index in [0.29, 0.717) is 10.9 Å². The van der Waals surface area contributed by atoms with E-state index in [4.69, 9.17) is 27.9 Å². The number of hydrogen-bond donors (Lipinski definition) is 0. The zero-order valence-corrected chi connectivity index (χ0v) is 12.5. The summed E-state index contributed by atoms with van der Waals surface area (Å²) in [5.41, 5.74) is 1.87. The Morgan fingerprint density at radius 2 is 2.16 bits per heavy atom. The van der Waals surface area contributed by atoms with Crippen LogP contribution in [-0.2, 0) is 17.2 Å². The molecule has 19 heavy (non-hydrogen) atoms. The summed E-state index contributed by atoms with van der Waals surface area (Å²) in [6, 6.07) is 5.81. The van der Waals surface area contributed by atoms with E-state index in [1.165, 1.54) is 0 Å². The van der Waals surface area contributed by atoms with E-state index in [0.717, 1.165) is 49.5 Å². The average molecular weight is 301 g/mol. The quantitative estimate of drug-likeness (QED) is 0.565. The smallest absolute Gasteiger partial charge is 0.124 e. The van der Waals surface area contributed by atoms with Crippen molar-refractivity contribution in [3.63, 3.8) is 0 Å². The van der Waals surface area contributed by atoms with Gasteiger partial charge in [0.25, 0.3) is 0 Å². The molecular formula is C14H18Cl2N2O. The summed E-state index contributed by atoms with van der Waals surface area (Å²) in [6.07, 6.45) is 2.00. The molecule has 2 aromatic rings. The van der Waals surface area contributed by atoms with Gasteiger partial charge in [0.1, 0.15) is 11.3 Å². The molecule has 1 heterocycles. The molecule has 0 N–H and O–H groups in total. The SMILES string of the molecule is CCCOCCCn1c(CCl)nc2c(Cl)cccc21. The molecule has 5 heteroatoms. The summed E-state index contributed by atoms with van der Waals surface area (Å²) < 4.78 is 7.63.